The maximum absolute atomic E-state index is 12.4. The van der Waals surface area contributed by atoms with E-state index in [9.17, 15) is 4.79 Å². The van der Waals surface area contributed by atoms with E-state index in [0.29, 0.717) is 6.54 Å². The number of benzene rings is 1. The van der Waals surface area contributed by atoms with Crippen LogP contribution in [0.15, 0.2) is 36.7 Å². The molecule has 1 aromatic heterocycles. The third kappa shape index (κ3) is 3.85. The maximum atomic E-state index is 12.4. The van der Waals surface area contributed by atoms with E-state index in [1.165, 1.54) is 11.1 Å². The molecule has 0 bridgehead atoms. The SMILES string of the molecule is Cc1nccn1CCCNC(=O)C(C)N1CCc2ccccc2C1. The second kappa shape index (κ2) is 7.62. The third-order valence-corrected chi connectivity index (χ3v) is 4.89. The third-order valence-electron chi connectivity index (χ3n) is 4.89. The highest BCUT2D eigenvalue weighted by atomic mass is 16.2. The van der Waals surface area contributed by atoms with Gasteiger partial charge in [0.2, 0.25) is 5.91 Å². The molecule has 1 atom stereocenters. The molecule has 24 heavy (non-hydrogen) atoms. The lowest BCUT2D eigenvalue weighted by atomic mass is 9.99. The molecular formula is C19H26N4O. The Balaban J connectivity index is 1.44. The first kappa shape index (κ1) is 16.7. The minimum atomic E-state index is -0.0895. The van der Waals surface area contributed by atoms with Crippen LogP contribution in [-0.2, 0) is 24.3 Å². The van der Waals surface area contributed by atoms with Crippen LogP contribution in [0.25, 0.3) is 0 Å². The molecule has 1 amide bonds. The molecule has 0 fully saturated rings. The topological polar surface area (TPSA) is 50.2 Å². The van der Waals surface area contributed by atoms with Crippen LogP contribution in [0, 0.1) is 6.92 Å². The number of hydrogen-bond donors (Lipinski definition) is 1. The van der Waals surface area contributed by atoms with Gasteiger partial charge >= 0.3 is 0 Å². The van der Waals surface area contributed by atoms with Gasteiger partial charge in [-0.25, -0.2) is 4.98 Å². The Morgan fingerprint density at radius 3 is 2.88 bits per heavy atom. The molecule has 3 rings (SSSR count). The van der Waals surface area contributed by atoms with E-state index in [2.05, 4.69) is 44.0 Å². The van der Waals surface area contributed by atoms with Crippen LogP contribution in [0.5, 0.6) is 0 Å². The molecule has 1 aliphatic heterocycles. The van der Waals surface area contributed by atoms with Crippen molar-refractivity contribution in [3.63, 3.8) is 0 Å². The van der Waals surface area contributed by atoms with Gasteiger partial charge in [0.1, 0.15) is 5.82 Å². The average Bonchev–Trinajstić information content (AvgIpc) is 3.02. The lowest BCUT2D eigenvalue weighted by molar-refractivity contribution is -0.126. The molecule has 1 aromatic carbocycles. The first-order valence-electron chi connectivity index (χ1n) is 8.71. The number of rotatable bonds is 6. The Morgan fingerprint density at radius 1 is 1.33 bits per heavy atom. The average molecular weight is 326 g/mol. The van der Waals surface area contributed by atoms with Crippen LogP contribution in [0.3, 0.4) is 0 Å². The van der Waals surface area contributed by atoms with Crippen molar-refractivity contribution in [3.8, 4) is 0 Å². The first-order valence-corrected chi connectivity index (χ1v) is 8.71. The predicted octanol–water partition coefficient (Wildman–Crippen LogP) is 2.14. The van der Waals surface area contributed by atoms with Crippen molar-refractivity contribution in [1.82, 2.24) is 19.8 Å². The van der Waals surface area contributed by atoms with Gasteiger partial charge in [0.25, 0.3) is 0 Å². The quantitative estimate of drug-likeness (QED) is 0.828. The largest absolute Gasteiger partial charge is 0.355 e. The van der Waals surface area contributed by atoms with E-state index in [1.807, 2.05) is 26.2 Å². The summed E-state index contributed by atoms with van der Waals surface area (Å²) in [4.78, 5) is 18.9. The number of nitrogens with one attached hydrogen (secondary N) is 1. The number of fused-ring (bicyclic) bond motifs is 1. The fraction of sp³-hybridized carbons (Fsp3) is 0.474. The second-order valence-corrected chi connectivity index (χ2v) is 6.48. The molecule has 0 aliphatic carbocycles. The van der Waals surface area contributed by atoms with Gasteiger partial charge in [-0.2, -0.15) is 0 Å². The van der Waals surface area contributed by atoms with E-state index in [0.717, 1.165) is 38.3 Å². The van der Waals surface area contributed by atoms with Gasteiger partial charge in [0.15, 0.2) is 0 Å². The number of hydrogen-bond acceptors (Lipinski definition) is 3. The molecule has 1 N–H and O–H groups in total. The highest BCUT2D eigenvalue weighted by Gasteiger charge is 2.24. The number of amides is 1. The minimum absolute atomic E-state index is 0.0895. The summed E-state index contributed by atoms with van der Waals surface area (Å²) in [5.41, 5.74) is 2.76. The van der Waals surface area contributed by atoms with Gasteiger partial charge in [-0.15, -0.1) is 0 Å². The van der Waals surface area contributed by atoms with Gasteiger partial charge in [-0.05, 0) is 37.8 Å². The number of carbonyl (C=O) groups excluding carboxylic acids is 1. The zero-order chi connectivity index (χ0) is 16.9. The molecule has 2 aromatic rings. The van der Waals surface area contributed by atoms with Crippen LogP contribution in [0.4, 0.5) is 0 Å². The number of nitrogens with zero attached hydrogens (tertiary/aromatic N) is 3. The summed E-state index contributed by atoms with van der Waals surface area (Å²) in [6.45, 7) is 7.39. The van der Waals surface area contributed by atoms with E-state index in [4.69, 9.17) is 0 Å². The van der Waals surface area contributed by atoms with Crippen LogP contribution < -0.4 is 5.32 Å². The zero-order valence-electron chi connectivity index (χ0n) is 14.5. The van der Waals surface area contributed by atoms with Crippen molar-refractivity contribution >= 4 is 5.91 Å². The lowest BCUT2D eigenvalue weighted by Gasteiger charge is -2.32. The molecule has 1 unspecified atom stereocenters. The van der Waals surface area contributed by atoms with E-state index in [-0.39, 0.29) is 11.9 Å². The van der Waals surface area contributed by atoms with Crippen molar-refractivity contribution in [2.75, 3.05) is 13.1 Å². The van der Waals surface area contributed by atoms with Crippen LogP contribution in [0.2, 0.25) is 0 Å². The molecule has 5 nitrogen and oxygen atoms in total. The maximum Gasteiger partial charge on any atom is 0.237 e. The van der Waals surface area contributed by atoms with E-state index < -0.39 is 0 Å². The Bertz CT molecular complexity index is 694. The number of aromatic nitrogens is 2. The highest BCUT2D eigenvalue weighted by molar-refractivity contribution is 5.81. The minimum Gasteiger partial charge on any atom is -0.355 e. The number of imidazole rings is 1. The van der Waals surface area contributed by atoms with Crippen molar-refractivity contribution < 1.29 is 4.79 Å². The summed E-state index contributed by atoms with van der Waals surface area (Å²) in [7, 11) is 0. The number of aryl methyl sites for hydroxylation is 2. The smallest absolute Gasteiger partial charge is 0.237 e. The van der Waals surface area contributed by atoms with E-state index >= 15 is 0 Å². The second-order valence-electron chi connectivity index (χ2n) is 6.48. The van der Waals surface area contributed by atoms with Gasteiger partial charge < -0.3 is 9.88 Å². The van der Waals surface area contributed by atoms with Gasteiger partial charge in [-0.3, -0.25) is 9.69 Å². The number of carbonyl (C=O) groups is 1. The van der Waals surface area contributed by atoms with Crippen LogP contribution in [-0.4, -0.2) is 39.5 Å². The van der Waals surface area contributed by atoms with Crippen molar-refractivity contribution in [3.05, 3.63) is 53.6 Å². The van der Waals surface area contributed by atoms with Gasteiger partial charge in [0.05, 0.1) is 6.04 Å². The van der Waals surface area contributed by atoms with Crippen LogP contribution in [0.1, 0.15) is 30.3 Å². The highest BCUT2D eigenvalue weighted by Crippen LogP contribution is 2.20. The Kier molecular flexibility index (Phi) is 5.30. The molecule has 128 valence electrons. The van der Waals surface area contributed by atoms with Crippen molar-refractivity contribution in [1.29, 1.82) is 0 Å². The standard InChI is InChI=1S/C19H26N4O/c1-15(23-12-8-17-6-3-4-7-18(17)14-23)19(24)21-9-5-11-22-13-10-20-16(22)2/h3-4,6-7,10,13,15H,5,8-9,11-12,14H2,1-2H3,(H,21,24). The van der Waals surface area contributed by atoms with Gasteiger partial charge in [0, 0.05) is 38.6 Å². The summed E-state index contributed by atoms with van der Waals surface area (Å²) in [5, 5.41) is 3.07. The summed E-state index contributed by atoms with van der Waals surface area (Å²) >= 11 is 0. The van der Waals surface area contributed by atoms with Crippen molar-refractivity contribution in [2.24, 2.45) is 0 Å². The molecular weight excluding hydrogens is 300 g/mol. The van der Waals surface area contributed by atoms with Crippen LogP contribution >= 0.6 is 0 Å². The zero-order valence-corrected chi connectivity index (χ0v) is 14.5. The van der Waals surface area contributed by atoms with Crippen molar-refractivity contribution in [2.45, 2.75) is 45.8 Å². The summed E-state index contributed by atoms with van der Waals surface area (Å²) in [5.74, 6) is 1.14. The molecule has 0 saturated carbocycles. The molecule has 2 heterocycles. The van der Waals surface area contributed by atoms with Gasteiger partial charge in [-0.1, -0.05) is 24.3 Å². The predicted molar refractivity (Wildman–Crippen MR) is 94.6 cm³/mol. The fourth-order valence-corrected chi connectivity index (χ4v) is 3.26. The molecule has 0 spiro atoms. The van der Waals surface area contributed by atoms with E-state index in [1.54, 1.807) is 0 Å². The summed E-state index contributed by atoms with van der Waals surface area (Å²) < 4.78 is 2.11. The first-order chi connectivity index (χ1) is 11.6. The normalized spacial score (nSPS) is 15.8. The Hall–Kier alpha value is -2.14. The Labute approximate surface area is 143 Å². The molecule has 0 saturated heterocycles. The fourth-order valence-electron chi connectivity index (χ4n) is 3.26. The molecule has 0 radical (unpaired) electrons. The summed E-state index contributed by atoms with van der Waals surface area (Å²) in [6.07, 6.45) is 5.72. The Morgan fingerprint density at radius 2 is 2.12 bits per heavy atom. The lowest BCUT2D eigenvalue weighted by Crippen LogP contribution is -2.47. The monoisotopic (exact) mass is 326 g/mol. The molecule has 5 heteroatoms. The summed E-state index contributed by atoms with van der Waals surface area (Å²) in [6, 6.07) is 8.43. The molecule has 1 aliphatic rings.